The molecule has 0 aromatic heterocycles. The van der Waals surface area contributed by atoms with Crippen LogP contribution < -0.4 is 18.9 Å². The van der Waals surface area contributed by atoms with Crippen molar-refractivity contribution in [3.05, 3.63) is 21.3 Å². The third-order valence-corrected chi connectivity index (χ3v) is 5.36. The Labute approximate surface area is 266 Å². The van der Waals surface area contributed by atoms with Gasteiger partial charge in [0.05, 0.1) is 0 Å². The Kier molecular flexibility index (Phi) is 84.1. The van der Waals surface area contributed by atoms with Crippen molar-refractivity contribution in [2.24, 2.45) is 0 Å². The summed E-state index contributed by atoms with van der Waals surface area (Å²) >= 11 is 0. The fraction of sp³-hybridized carbons (Fsp3) is 1.00. The Morgan fingerprint density at radius 2 is 0.368 bits per heavy atom. The molecule has 0 heterocycles. The minimum absolute atomic E-state index is 0. The van der Waals surface area contributed by atoms with Crippen molar-refractivity contribution in [2.75, 3.05) is 52.4 Å². The first-order valence-corrected chi connectivity index (χ1v) is 16.2. The fourth-order valence-corrected chi connectivity index (χ4v) is 2.61. The van der Waals surface area contributed by atoms with Crippen LogP contribution in [0.4, 0.5) is 0 Å². The summed E-state index contributed by atoms with van der Waals surface area (Å²) in [6.07, 6.45) is 20.3. The van der Waals surface area contributed by atoms with E-state index < -0.39 is 0 Å². The van der Waals surface area contributed by atoms with Gasteiger partial charge in [-0.15, -0.1) is 52.4 Å². The van der Waals surface area contributed by atoms with Crippen LogP contribution in [0.3, 0.4) is 0 Å². The molecule has 0 aliphatic heterocycles. The topological polar surface area (TPSA) is 56.4 Å². The molecule has 0 aromatic rings. The van der Waals surface area contributed by atoms with Gasteiger partial charge in [-0.1, -0.05) is 158 Å². The summed E-state index contributed by atoms with van der Waals surface area (Å²) in [6.45, 7) is 26.3. The minimum Gasteiger partial charge on any atom is -0.662 e. The van der Waals surface area contributed by atoms with Gasteiger partial charge in [0.25, 0.3) is 0 Å². The zero-order valence-corrected chi connectivity index (χ0v) is 29.5. The summed E-state index contributed by atoms with van der Waals surface area (Å²) in [5, 5.41) is 17.4. The largest absolute Gasteiger partial charge is 3.00 e. The van der Waals surface area contributed by atoms with Crippen molar-refractivity contribution in [3.8, 4) is 0 Å². The molecule has 0 aliphatic rings. The Balaban J connectivity index is -0.0000000883. The first kappa shape index (κ1) is 51.7. The summed E-state index contributed by atoms with van der Waals surface area (Å²) < 4.78 is 0. The molecule has 0 aliphatic carbocycles. The number of nitrogens with zero attached hydrogens (tertiary/aromatic N) is 4. The number of rotatable bonds is 24. The average Bonchev–Trinajstić information content (AvgIpc) is 2.90. The quantitative estimate of drug-likeness (QED) is 0.0861. The molecule has 0 aromatic carbocycles. The van der Waals surface area contributed by atoms with E-state index in [-0.39, 0.29) is 36.2 Å². The molecular weight excluding hydrogens is 474 g/mol. The average molecular weight is 547 g/mol. The Hall–Kier alpha value is 0.970. The Bertz CT molecular complexity index is 221. The molecule has 0 rings (SSSR count). The molecule has 0 amide bonds. The first-order chi connectivity index (χ1) is 17.7. The molecule has 0 radical (unpaired) electrons. The zero-order chi connectivity index (χ0) is 27.8. The first-order valence-electron chi connectivity index (χ1n) is 16.2. The molecule has 0 fully saturated rings. The van der Waals surface area contributed by atoms with Gasteiger partial charge in [0.2, 0.25) is 0 Å². The summed E-state index contributed by atoms with van der Waals surface area (Å²) in [4.78, 5) is 0. The molecule has 0 unspecified atom stereocenters. The predicted octanol–water partition coefficient (Wildman–Crippen LogP) is 8.46. The van der Waals surface area contributed by atoms with Crippen molar-refractivity contribution < 1.29 is 18.9 Å². The van der Waals surface area contributed by atoms with Crippen molar-refractivity contribution >= 4 is 17.4 Å². The van der Waals surface area contributed by atoms with Crippen LogP contribution in [-0.4, -0.2) is 69.7 Å². The van der Waals surface area contributed by atoms with Gasteiger partial charge in [-0.3, -0.25) is 0 Å². The summed E-state index contributed by atoms with van der Waals surface area (Å²) in [7, 11) is 0. The van der Waals surface area contributed by atoms with Crippen molar-refractivity contribution in [3.63, 3.8) is 0 Å². The summed E-state index contributed by atoms with van der Waals surface area (Å²) in [5.41, 5.74) is 0. The molecule has 224 valence electrons. The molecule has 0 bridgehead atoms. The predicted molar refractivity (Wildman–Crippen MR) is 177 cm³/mol. The van der Waals surface area contributed by atoms with E-state index >= 15 is 0 Å². The molecule has 0 atom stereocenters. The van der Waals surface area contributed by atoms with Crippen LogP contribution >= 0.6 is 0 Å². The summed E-state index contributed by atoms with van der Waals surface area (Å²) in [6, 6.07) is 0. The van der Waals surface area contributed by atoms with Gasteiger partial charge in [0.1, 0.15) is 0 Å². The van der Waals surface area contributed by atoms with Crippen LogP contribution in [0.2, 0.25) is 0 Å². The van der Waals surface area contributed by atoms with Crippen LogP contribution in [-0.2, 0) is 0 Å². The van der Waals surface area contributed by atoms with E-state index in [9.17, 15) is 0 Å². The van der Waals surface area contributed by atoms with E-state index in [4.69, 9.17) is 0 Å². The second-order valence-electron chi connectivity index (χ2n) is 9.51. The minimum atomic E-state index is 0. The van der Waals surface area contributed by atoms with Crippen molar-refractivity contribution in [1.82, 2.24) is 0 Å². The maximum absolute atomic E-state index is 4.35. The van der Waals surface area contributed by atoms with Gasteiger partial charge in [0.15, 0.2) is 0 Å². The van der Waals surface area contributed by atoms with Crippen LogP contribution in [0, 0.1) is 0 Å². The fourth-order valence-electron chi connectivity index (χ4n) is 2.61. The van der Waals surface area contributed by atoms with E-state index in [1.54, 1.807) is 0 Å². The second-order valence-corrected chi connectivity index (χ2v) is 9.51. The van der Waals surface area contributed by atoms with Crippen LogP contribution in [0.15, 0.2) is 0 Å². The molecule has 38 heavy (non-hydrogen) atoms. The molecule has 0 saturated heterocycles. The zero-order valence-electron chi connectivity index (χ0n) is 28.3. The molecule has 0 spiro atoms. The van der Waals surface area contributed by atoms with E-state index in [1.807, 2.05) is 0 Å². The van der Waals surface area contributed by atoms with Gasteiger partial charge < -0.3 is 21.3 Å². The SMILES string of the molecule is CCCC[N-]CCCC.CCCC[N-]CCCC.CCCC[N-]CCCC.CCCC[N-]CCCC.[Al+3].[Li+]. The third kappa shape index (κ3) is 76.7. The van der Waals surface area contributed by atoms with Crippen molar-refractivity contribution in [1.29, 1.82) is 0 Å². The maximum Gasteiger partial charge on any atom is 3.00 e. The van der Waals surface area contributed by atoms with Crippen LogP contribution in [0.5, 0.6) is 0 Å². The van der Waals surface area contributed by atoms with Gasteiger partial charge in [-0.05, 0) is 0 Å². The standard InChI is InChI=1S/4C8H18N.Al.Li/c4*1-3-5-7-9-8-6-4-2;;/h4*3-8H2,1-2H3;;/q4*-1;+3;+1. The van der Waals surface area contributed by atoms with Crippen LogP contribution in [0.25, 0.3) is 21.3 Å². The molecular formula is C32H72AlLiN4. The van der Waals surface area contributed by atoms with E-state index in [0.29, 0.717) is 0 Å². The number of unbranched alkanes of at least 4 members (excludes halogenated alkanes) is 8. The van der Waals surface area contributed by atoms with Crippen LogP contribution in [0.1, 0.15) is 158 Å². The molecule has 0 saturated carbocycles. The second kappa shape index (κ2) is 61.8. The Morgan fingerprint density at radius 3 is 0.447 bits per heavy atom. The normalized spacial score (nSPS) is 9.47. The van der Waals surface area contributed by atoms with E-state index in [1.165, 1.54) is 103 Å². The van der Waals surface area contributed by atoms with Gasteiger partial charge >= 0.3 is 36.2 Å². The van der Waals surface area contributed by atoms with Gasteiger partial charge in [0, 0.05) is 0 Å². The monoisotopic (exact) mass is 547 g/mol. The van der Waals surface area contributed by atoms with E-state index in [0.717, 1.165) is 52.4 Å². The van der Waals surface area contributed by atoms with Crippen molar-refractivity contribution in [2.45, 2.75) is 158 Å². The Morgan fingerprint density at radius 1 is 0.263 bits per heavy atom. The number of hydrogen-bond donors (Lipinski definition) is 0. The third-order valence-electron chi connectivity index (χ3n) is 5.36. The smallest absolute Gasteiger partial charge is 0.662 e. The van der Waals surface area contributed by atoms with Gasteiger partial charge in [-0.2, -0.15) is 0 Å². The maximum atomic E-state index is 4.35. The molecule has 6 heteroatoms. The number of hydrogen-bond acceptors (Lipinski definition) is 0. The van der Waals surface area contributed by atoms with E-state index in [2.05, 4.69) is 76.7 Å². The molecule has 0 N–H and O–H groups in total. The molecule has 4 nitrogen and oxygen atoms in total. The summed E-state index contributed by atoms with van der Waals surface area (Å²) in [5.74, 6) is 0. The van der Waals surface area contributed by atoms with Gasteiger partial charge in [-0.25, -0.2) is 0 Å².